The summed E-state index contributed by atoms with van der Waals surface area (Å²) < 4.78 is 24.7. The fraction of sp³-hybridized carbons (Fsp3) is 0.800. The fourth-order valence-electron chi connectivity index (χ4n) is 0.570. The highest BCUT2D eigenvalue weighted by atomic mass is 16.6. The van der Waals surface area contributed by atoms with Gasteiger partial charge in [-0.25, -0.2) is 4.79 Å². The number of rotatable bonds is 0. The Labute approximate surface area is 56.3 Å². The lowest BCUT2D eigenvalue weighted by molar-refractivity contribution is -0.146. The molecular formula is C5H8O4. The van der Waals surface area contributed by atoms with Crippen LogP contribution in [-0.2, 0) is 9.53 Å². The van der Waals surface area contributed by atoms with Crippen LogP contribution in [0.2, 0.25) is 0 Å². The number of aliphatic hydroxyl groups excluding tert-OH is 2. The van der Waals surface area contributed by atoms with Crippen molar-refractivity contribution in [1.29, 1.82) is 0 Å². The average Bonchev–Trinajstić information content (AvgIpc) is 2.15. The van der Waals surface area contributed by atoms with Gasteiger partial charge in [0, 0.05) is 4.11 Å². The topological polar surface area (TPSA) is 66.8 Å². The molecule has 1 fully saturated rings. The molecule has 0 unspecified atom stereocenters. The van der Waals surface area contributed by atoms with Crippen LogP contribution >= 0.6 is 0 Å². The fourth-order valence-corrected chi connectivity index (χ4v) is 0.570. The smallest absolute Gasteiger partial charge is 0.338 e. The lowest BCUT2D eigenvalue weighted by Crippen LogP contribution is -2.29. The number of cyclic esters (lactones) is 1. The third-order valence-electron chi connectivity index (χ3n) is 1.12. The standard InChI is InChI=1S/C5H8O4/c1-2-3(6)4(7)5(8)9-2/h2-4,6-7H,1H3/t2-,3+,4-/m1/s1/i1D3. The van der Waals surface area contributed by atoms with E-state index in [4.69, 9.17) is 14.3 Å². The van der Waals surface area contributed by atoms with E-state index in [2.05, 4.69) is 4.74 Å². The minimum absolute atomic E-state index is 1.09. The second-order valence-corrected chi connectivity index (χ2v) is 1.79. The van der Waals surface area contributed by atoms with Crippen molar-refractivity contribution in [3.05, 3.63) is 0 Å². The molecule has 1 heterocycles. The van der Waals surface area contributed by atoms with E-state index in [-0.39, 0.29) is 0 Å². The van der Waals surface area contributed by atoms with Gasteiger partial charge in [-0.15, -0.1) is 0 Å². The van der Waals surface area contributed by atoms with Crippen molar-refractivity contribution in [2.24, 2.45) is 0 Å². The van der Waals surface area contributed by atoms with E-state index >= 15 is 0 Å². The zero-order valence-electron chi connectivity index (χ0n) is 7.44. The Hall–Kier alpha value is -0.610. The highest BCUT2D eigenvalue weighted by Crippen LogP contribution is 2.14. The summed E-state index contributed by atoms with van der Waals surface area (Å²) in [6.07, 6.45) is -5.01. The predicted molar refractivity (Wildman–Crippen MR) is 27.6 cm³/mol. The third-order valence-corrected chi connectivity index (χ3v) is 1.12. The van der Waals surface area contributed by atoms with Gasteiger partial charge >= 0.3 is 5.97 Å². The average molecular weight is 135 g/mol. The molecule has 0 aromatic heterocycles. The number of esters is 1. The van der Waals surface area contributed by atoms with Gasteiger partial charge in [0.25, 0.3) is 0 Å². The van der Waals surface area contributed by atoms with Crippen LogP contribution in [0.4, 0.5) is 0 Å². The highest BCUT2D eigenvalue weighted by Gasteiger charge is 2.39. The second kappa shape index (κ2) is 1.97. The van der Waals surface area contributed by atoms with Crippen LogP contribution in [-0.4, -0.2) is 34.5 Å². The van der Waals surface area contributed by atoms with E-state index in [1.165, 1.54) is 0 Å². The molecule has 1 rings (SSSR count). The molecule has 2 N–H and O–H groups in total. The molecule has 0 bridgehead atoms. The molecule has 0 saturated carbocycles. The summed E-state index contributed by atoms with van der Waals surface area (Å²) in [5.41, 5.74) is 0. The summed E-state index contributed by atoms with van der Waals surface area (Å²) >= 11 is 0. The van der Waals surface area contributed by atoms with Crippen molar-refractivity contribution in [1.82, 2.24) is 0 Å². The first kappa shape index (κ1) is 3.53. The highest BCUT2D eigenvalue weighted by molar-refractivity contribution is 5.77. The molecule has 0 amide bonds. The Balaban J connectivity index is 2.78. The van der Waals surface area contributed by atoms with Crippen molar-refractivity contribution in [2.75, 3.05) is 0 Å². The summed E-state index contributed by atoms with van der Waals surface area (Å²) in [5.74, 6) is -1.09. The van der Waals surface area contributed by atoms with Gasteiger partial charge in [0.15, 0.2) is 6.10 Å². The van der Waals surface area contributed by atoms with Crippen molar-refractivity contribution < 1.29 is 23.9 Å². The molecule has 0 aromatic carbocycles. The molecule has 1 saturated heterocycles. The molecule has 0 aromatic rings. The second-order valence-electron chi connectivity index (χ2n) is 1.79. The van der Waals surface area contributed by atoms with E-state index in [1.807, 2.05) is 0 Å². The monoisotopic (exact) mass is 135 g/mol. The van der Waals surface area contributed by atoms with Crippen LogP contribution in [0.5, 0.6) is 0 Å². The van der Waals surface area contributed by atoms with Gasteiger partial charge in [-0.05, 0) is 6.85 Å². The SMILES string of the molecule is [2H]C([2H])([2H])[C@H]1OC(=O)[C@H](O)[C@H]1O. The number of hydrogen-bond donors (Lipinski definition) is 2. The number of hydrogen-bond acceptors (Lipinski definition) is 4. The van der Waals surface area contributed by atoms with E-state index in [0.717, 1.165) is 0 Å². The van der Waals surface area contributed by atoms with Crippen LogP contribution in [0.25, 0.3) is 0 Å². The zero-order chi connectivity index (χ0) is 9.52. The third kappa shape index (κ3) is 0.906. The molecule has 9 heavy (non-hydrogen) atoms. The summed E-state index contributed by atoms with van der Waals surface area (Å²) in [7, 11) is 0. The van der Waals surface area contributed by atoms with Gasteiger partial charge in [-0.1, -0.05) is 0 Å². The maximum atomic E-state index is 10.6. The lowest BCUT2D eigenvalue weighted by atomic mass is 10.2. The first-order valence-electron chi connectivity index (χ1n) is 3.90. The minimum Gasteiger partial charge on any atom is -0.458 e. The maximum absolute atomic E-state index is 10.6. The quantitative estimate of drug-likeness (QED) is 0.403. The van der Waals surface area contributed by atoms with Gasteiger partial charge < -0.3 is 14.9 Å². The first-order chi connectivity index (χ1) is 5.34. The Bertz CT molecular complexity index is 201. The number of ether oxygens (including phenoxy) is 1. The van der Waals surface area contributed by atoms with Crippen molar-refractivity contribution in [3.8, 4) is 0 Å². The number of aliphatic hydroxyl groups is 2. The summed E-state index contributed by atoms with van der Waals surface area (Å²) in [6, 6.07) is 0. The van der Waals surface area contributed by atoms with Crippen LogP contribution in [0.1, 0.15) is 11.0 Å². The van der Waals surface area contributed by atoms with Crippen LogP contribution < -0.4 is 0 Å². The molecular weight excluding hydrogens is 124 g/mol. The maximum Gasteiger partial charge on any atom is 0.338 e. The summed E-state index contributed by atoms with van der Waals surface area (Å²) in [4.78, 5) is 10.6. The first-order valence-corrected chi connectivity index (χ1v) is 2.40. The molecule has 4 nitrogen and oxygen atoms in total. The van der Waals surface area contributed by atoms with Gasteiger partial charge in [0.05, 0.1) is 0 Å². The van der Waals surface area contributed by atoms with Gasteiger partial charge in [-0.2, -0.15) is 0 Å². The predicted octanol–water partition coefficient (Wildman–Crippen LogP) is -1.35. The summed E-state index contributed by atoms with van der Waals surface area (Å²) in [6.45, 7) is -2.59. The van der Waals surface area contributed by atoms with Crippen LogP contribution in [0.3, 0.4) is 0 Å². The molecule has 0 spiro atoms. The Kier molecular flexibility index (Phi) is 0.771. The van der Waals surface area contributed by atoms with Gasteiger partial charge in [0.1, 0.15) is 12.2 Å². The Morgan fingerprint density at radius 3 is 2.67 bits per heavy atom. The lowest BCUT2D eigenvalue weighted by Gasteiger charge is -2.04. The van der Waals surface area contributed by atoms with Crippen molar-refractivity contribution >= 4 is 5.97 Å². The number of carbonyl (C=O) groups is 1. The number of carbonyl (C=O) groups excluding carboxylic acids is 1. The summed E-state index contributed by atoms with van der Waals surface area (Å²) in [5, 5.41) is 17.8. The molecule has 52 valence electrons. The molecule has 1 aliphatic heterocycles. The van der Waals surface area contributed by atoms with Crippen LogP contribution in [0, 0.1) is 0 Å². The van der Waals surface area contributed by atoms with E-state index in [0.29, 0.717) is 0 Å². The van der Waals surface area contributed by atoms with E-state index in [1.54, 1.807) is 0 Å². The minimum atomic E-state index is -2.59. The van der Waals surface area contributed by atoms with E-state index < -0.39 is 31.1 Å². The van der Waals surface area contributed by atoms with Gasteiger partial charge in [0.2, 0.25) is 0 Å². The molecule has 1 aliphatic rings. The van der Waals surface area contributed by atoms with Crippen molar-refractivity contribution in [3.63, 3.8) is 0 Å². The normalized spacial score (nSPS) is 49.3. The van der Waals surface area contributed by atoms with Gasteiger partial charge in [-0.3, -0.25) is 0 Å². The molecule has 0 radical (unpaired) electrons. The molecule has 3 atom stereocenters. The zero-order valence-corrected chi connectivity index (χ0v) is 4.44. The Morgan fingerprint density at radius 2 is 2.44 bits per heavy atom. The van der Waals surface area contributed by atoms with E-state index in [9.17, 15) is 4.79 Å². The largest absolute Gasteiger partial charge is 0.458 e. The molecule has 0 aliphatic carbocycles. The molecule has 4 heteroatoms. The van der Waals surface area contributed by atoms with Crippen LogP contribution in [0.15, 0.2) is 0 Å². The Morgan fingerprint density at radius 1 is 1.78 bits per heavy atom. The van der Waals surface area contributed by atoms with Crippen molar-refractivity contribution in [2.45, 2.75) is 25.2 Å².